The molecule has 202 valence electrons. The van der Waals surface area contributed by atoms with Gasteiger partial charge in [0.1, 0.15) is 5.75 Å². The third kappa shape index (κ3) is 6.05. The van der Waals surface area contributed by atoms with E-state index in [9.17, 15) is 4.79 Å². The SMILES string of the molecule is CCOC1CCN(CCCN2CCN(c3ccc(OC)cc3)CC2)C(=O)c2ccn(Cc3ccccc3)c21. The van der Waals surface area contributed by atoms with Crippen molar-refractivity contribution in [3.8, 4) is 5.75 Å². The number of fused-ring (bicyclic) bond motifs is 1. The van der Waals surface area contributed by atoms with E-state index in [4.69, 9.17) is 9.47 Å². The largest absolute Gasteiger partial charge is 0.497 e. The van der Waals surface area contributed by atoms with Gasteiger partial charge in [-0.05, 0) is 62.2 Å². The van der Waals surface area contributed by atoms with Crippen molar-refractivity contribution in [3.63, 3.8) is 0 Å². The number of benzene rings is 2. The van der Waals surface area contributed by atoms with Gasteiger partial charge in [-0.1, -0.05) is 30.3 Å². The van der Waals surface area contributed by atoms with Crippen LogP contribution in [0.3, 0.4) is 0 Å². The fourth-order valence-electron chi connectivity index (χ4n) is 5.71. The Morgan fingerprint density at radius 2 is 1.66 bits per heavy atom. The number of rotatable bonds is 10. The van der Waals surface area contributed by atoms with Crippen LogP contribution in [0.4, 0.5) is 5.69 Å². The molecule has 1 aromatic heterocycles. The van der Waals surface area contributed by atoms with Gasteiger partial charge >= 0.3 is 0 Å². The fraction of sp³-hybridized carbons (Fsp3) is 0.452. The first-order chi connectivity index (χ1) is 18.7. The van der Waals surface area contributed by atoms with Crippen molar-refractivity contribution in [2.45, 2.75) is 32.4 Å². The molecule has 3 aromatic rings. The van der Waals surface area contributed by atoms with Crippen LogP contribution in [-0.4, -0.2) is 79.8 Å². The number of hydrogen-bond donors (Lipinski definition) is 0. The van der Waals surface area contributed by atoms with Gasteiger partial charge in [0.05, 0.1) is 24.5 Å². The molecule has 0 N–H and O–H groups in total. The smallest absolute Gasteiger partial charge is 0.255 e. The van der Waals surface area contributed by atoms with Crippen LogP contribution < -0.4 is 9.64 Å². The predicted molar refractivity (Wildman–Crippen MR) is 151 cm³/mol. The van der Waals surface area contributed by atoms with Crippen molar-refractivity contribution in [3.05, 3.63) is 83.7 Å². The Kier molecular flexibility index (Phi) is 8.66. The summed E-state index contributed by atoms with van der Waals surface area (Å²) in [6.45, 7) is 10.0. The van der Waals surface area contributed by atoms with Crippen molar-refractivity contribution < 1.29 is 14.3 Å². The molecule has 2 aromatic carbocycles. The molecule has 2 aliphatic rings. The first kappa shape index (κ1) is 26.3. The molecular formula is C31H40N4O3. The van der Waals surface area contributed by atoms with Crippen molar-refractivity contribution in [1.82, 2.24) is 14.4 Å². The van der Waals surface area contributed by atoms with E-state index in [1.165, 1.54) is 11.3 Å². The fourth-order valence-corrected chi connectivity index (χ4v) is 5.71. The van der Waals surface area contributed by atoms with E-state index >= 15 is 0 Å². The van der Waals surface area contributed by atoms with E-state index in [-0.39, 0.29) is 12.0 Å². The zero-order valence-electron chi connectivity index (χ0n) is 22.7. The Morgan fingerprint density at radius 1 is 0.895 bits per heavy atom. The predicted octanol–water partition coefficient (Wildman–Crippen LogP) is 4.68. The number of carbonyl (C=O) groups excluding carboxylic acids is 1. The Balaban J connectivity index is 1.16. The second-order valence-electron chi connectivity index (χ2n) is 10.1. The summed E-state index contributed by atoms with van der Waals surface area (Å²) >= 11 is 0. The Labute approximate surface area is 226 Å². The van der Waals surface area contributed by atoms with Crippen LogP contribution in [0, 0.1) is 0 Å². The standard InChI is InChI=1S/C31H40N4O3/c1-3-38-29-15-19-34(31(36)28-14-18-35(30(28)29)24-25-8-5-4-6-9-25)17-7-16-32-20-22-33(23-21-32)26-10-12-27(37-2)13-11-26/h4-6,8-14,18,29H,3,7,15-17,19-24H2,1-2H3. The summed E-state index contributed by atoms with van der Waals surface area (Å²) in [6.07, 6.45) is 3.79. The maximum atomic E-state index is 13.6. The number of hydrogen-bond acceptors (Lipinski definition) is 5. The molecule has 0 bridgehead atoms. The lowest BCUT2D eigenvalue weighted by molar-refractivity contribution is 0.0458. The molecule has 5 rings (SSSR count). The highest BCUT2D eigenvalue weighted by Gasteiger charge is 2.31. The summed E-state index contributed by atoms with van der Waals surface area (Å²) in [5, 5.41) is 0. The molecular weight excluding hydrogens is 476 g/mol. The molecule has 0 radical (unpaired) electrons. The summed E-state index contributed by atoms with van der Waals surface area (Å²) in [5.41, 5.74) is 4.30. The number of anilines is 1. The van der Waals surface area contributed by atoms with Crippen LogP contribution in [0.2, 0.25) is 0 Å². The second kappa shape index (κ2) is 12.5. The topological polar surface area (TPSA) is 50.2 Å². The van der Waals surface area contributed by atoms with E-state index in [0.29, 0.717) is 6.61 Å². The zero-order valence-corrected chi connectivity index (χ0v) is 22.7. The van der Waals surface area contributed by atoms with Gasteiger partial charge in [-0.15, -0.1) is 0 Å². The number of carbonyl (C=O) groups is 1. The molecule has 1 fully saturated rings. The van der Waals surface area contributed by atoms with Crippen LogP contribution in [0.5, 0.6) is 5.75 Å². The van der Waals surface area contributed by atoms with Crippen LogP contribution in [0.1, 0.15) is 47.5 Å². The quantitative estimate of drug-likeness (QED) is 0.392. The Hall–Kier alpha value is -3.29. The van der Waals surface area contributed by atoms with Gasteiger partial charge in [-0.25, -0.2) is 0 Å². The molecule has 0 saturated carbocycles. The number of aromatic nitrogens is 1. The van der Waals surface area contributed by atoms with E-state index in [1.807, 2.05) is 42.3 Å². The van der Waals surface area contributed by atoms with Crippen LogP contribution in [0.15, 0.2) is 66.9 Å². The van der Waals surface area contributed by atoms with E-state index in [0.717, 1.165) is 82.2 Å². The highest BCUT2D eigenvalue weighted by molar-refractivity contribution is 5.96. The lowest BCUT2D eigenvalue weighted by atomic mass is 10.1. The molecule has 7 nitrogen and oxygen atoms in total. The molecule has 1 unspecified atom stereocenters. The van der Waals surface area contributed by atoms with Gasteiger partial charge in [-0.3, -0.25) is 9.69 Å². The summed E-state index contributed by atoms with van der Waals surface area (Å²) in [6, 6.07) is 20.7. The number of piperazine rings is 1. The third-order valence-electron chi connectivity index (χ3n) is 7.77. The molecule has 7 heteroatoms. The first-order valence-electron chi connectivity index (χ1n) is 13.9. The lowest BCUT2D eigenvalue weighted by Crippen LogP contribution is -2.47. The summed E-state index contributed by atoms with van der Waals surface area (Å²) in [4.78, 5) is 20.6. The molecule has 3 heterocycles. The van der Waals surface area contributed by atoms with Crippen molar-refractivity contribution in [2.75, 3.05) is 64.4 Å². The first-order valence-corrected chi connectivity index (χ1v) is 13.9. The van der Waals surface area contributed by atoms with Gasteiger partial charge < -0.3 is 23.8 Å². The normalized spacial score (nSPS) is 18.4. The number of methoxy groups -OCH3 is 1. The Morgan fingerprint density at radius 3 is 2.37 bits per heavy atom. The van der Waals surface area contributed by atoms with Crippen LogP contribution >= 0.6 is 0 Å². The van der Waals surface area contributed by atoms with Crippen molar-refractivity contribution in [2.24, 2.45) is 0 Å². The monoisotopic (exact) mass is 516 g/mol. The molecule has 38 heavy (non-hydrogen) atoms. The second-order valence-corrected chi connectivity index (χ2v) is 10.1. The minimum Gasteiger partial charge on any atom is -0.497 e. The molecule has 1 amide bonds. The average Bonchev–Trinajstić information content (AvgIpc) is 3.32. The maximum Gasteiger partial charge on any atom is 0.255 e. The van der Waals surface area contributed by atoms with Crippen molar-refractivity contribution >= 4 is 11.6 Å². The van der Waals surface area contributed by atoms with Gasteiger partial charge in [0.2, 0.25) is 0 Å². The molecule has 1 atom stereocenters. The molecule has 0 spiro atoms. The average molecular weight is 517 g/mol. The van der Waals surface area contributed by atoms with Crippen LogP contribution in [-0.2, 0) is 11.3 Å². The minimum atomic E-state index is -0.0614. The highest BCUT2D eigenvalue weighted by Crippen LogP contribution is 2.31. The van der Waals surface area contributed by atoms with E-state index in [2.05, 4.69) is 50.8 Å². The van der Waals surface area contributed by atoms with E-state index < -0.39 is 0 Å². The van der Waals surface area contributed by atoms with Crippen LogP contribution in [0.25, 0.3) is 0 Å². The molecule has 2 aliphatic heterocycles. The third-order valence-corrected chi connectivity index (χ3v) is 7.77. The van der Waals surface area contributed by atoms with Gasteiger partial charge in [-0.2, -0.15) is 0 Å². The maximum absolute atomic E-state index is 13.6. The number of nitrogens with zero attached hydrogens (tertiary/aromatic N) is 4. The minimum absolute atomic E-state index is 0.0614. The summed E-state index contributed by atoms with van der Waals surface area (Å²) < 4.78 is 13.6. The van der Waals surface area contributed by atoms with Gasteiger partial charge in [0.25, 0.3) is 5.91 Å². The summed E-state index contributed by atoms with van der Waals surface area (Å²) in [7, 11) is 1.70. The Bertz CT molecular complexity index is 1170. The molecule has 0 aliphatic carbocycles. The highest BCUT2D eigenvalue weighted by atomic mass is 16.5. The van der Waals surface area contributed by atoms with E-state index in [1.54, 1.807) is 7.11 Å². The van der Waals surface area contributed by atoms with Gasteiger partial charge in [0, 0.05) is 64.3 Å². The number of amides is 1. The lowest BCUT2D eigenvalue weighted by Gasteiger charge is -2.36. The zero-order chi connectivity index (χ0) is 26.3. The van der Waals surface area contributed by atoms with Crippen molar-refractivity contribution in [1.29, 1.82) is 0 Å². The number of ether oxygens (including phenoxy) is 2. The van der Waals surface area contributed by atoms with Gasteiger partial charge in [0.15, 0.2) is 0 Å². The summed E-state index contributed by atoms with van der Waals surface area (Å²) in [5.74, 6) is 1.03. The molecule has 1 saturated heterocycles.